The minimum absolute atomic E-state index is 0.0886. The standard InChI is InChI=1S/C17H21N3O2S/c1-13-11-16(19-17(18-13)23(2,21)22)20-10-6-9-15(12-20)14-7-4-3-5-8-14/h3-5,7-8,11,15H,6,9-10,12H2,1-2H3. The maximum absolute atomic E-state index is 11.8. The van der Waals surface area contributed by atoms with Gasteiger partial charge < -0.3 is 4.90 Å². The molecule has 0 radical (unpaired) electrons. The Balaban J connectivity index is 1.88. The summed E-state index contributed by atoms with van der Waals surface area (Å²) in [7, 11) is -3.40. The summed E-state index contributed by atoms with van der Waals surface area (Å²) < 4.78 is 23.5. The van der Waals surface area contributed by atoms with E-state index < -0.39 is 9.84 Å². The van der Waals surface area contributed by atoms with Crippen LogP contribution >= 0.6 is 0 Å². The molecule has 0 N–H and O–H groups in total. The van der Waals surface area contributed by atoms with E-state index in [1.54, 1.807) is 6.92 Å². The van der Waals surface area contributed by atoms with E-state index in [2.05, 4.69) is 39.1 Å². The zero-order valence-corrected chi connectivity index (χ0v) is 14.3. The third-order valence-corrected chi connectivity index (χ3v) is 5.01. The molecule has 0 amide bonds. The highest BCUT2D eigenvalue weighted by molar-refractivity contribution is 7.90. The first-order chi connectivity index (χ1) is 10.9. The van der Waals surface area contributed by atoms with Crippen LogP contribution < -0.4 is 4.90 Å². The van der Waals surface area contributed by atoms with Gasteiger partial charge in [0.05, 0.1) is 0 Å². The van der Waals surface area contributed by atoms with Crippen LogP contribution in [-0.4, -0.2) is 37.7 Å². The smallest absolute Gasteiger partial charge is 0.248 e. The molecule has 0 spiro atoms. The largest absolute Gasteiger partial charge is 0.356 e. The van der Waals surface area contributed by atoms with Crippen LogP contribution in [0.4, 0.5) is 5.82 Å². The highest BCUT2D eigenvalue weighted by atomic mass is 32.2. The summed E-state index contributed by atoms with van der Waals surface area (Å²) in [6.45, 7) is 3.55. The summed E-state index contributed by atoms with van der Waals surface area (Å²) >= 11 is 0. The van der Waals surface area contributed by atoms with Gasteiger partial charge in [0.2, 0.25) is 15.0 Å². The van der Waals surface area contributed by atoms with E-state index in [9.17, 15) is 8.42 Å². The summed E-state index contributed by atoms with van der Waals surface area (Å²) in [6.07, 6.45) is 3.36. The van der Waals surface area contributed by atoms with E-state index in [4.69, 9.17) is 0 Å². The summed E-state index contributed by atoms with van der Waals surface area (Å²) in [4.78, 5) is 10.5. The van der Waals surface area contributed by atoms with E-state index in [0.29, 0.717) is 17.4 Å². The Labute approximate surface area is 137 Å². The number of rotatable bonds is 3. The number of benzene rings is 1. The number of sulfone groups is 1. The van der Waals surface area contributed by atoms with Crippen LogP contribution in [0.5, 0.6) is 0 Å². The molecule has 1 aromatic carbocycles. The molecule has 0 saturated carbocycles. The van der Waals surface area contributed by atoms with Gasteiger partial charge in [0.15, 0.2) is 0 Å². The van der Waals surface area contributed by atoms with Crippen molar-refractivity contribution in [3.63, 3.8) is 0 Å². The zero-order chi connectivity index (χ0) is 16.4. The fraction of sp³-hybridized carbons (Fsp3) is 0.412. The molecule has 1 aliphatic rings. The lowest BCUT2D eigenvalue weighted by molar-refractivity contribution is 0.505. The molecule has 0 aliphatic carbocycles. The molecule has 1 fully saturated rings. The lowest BCUT2D eigenvalue weighted by atomic mass is 9.91. The van der Waals surface area contributed by atoms with Gasteiger partial charge in [-0.15, -0.1) is 0 Å². The Morgan fingerprint density at radius 3 is 2.61 bits per heavy atom. The normalized spacial score (nSPS) is 18.9. The third-order valence-electron chi connectivity index (χ3n) is 4.17. The lowest BCUT2D eigenvalue weighted by Crippen LogP contribution is -2.35. The molecule has 1 aliphatic heterocycles. The molecular formula is C17H21N3O2S. The molecular weight excluding hydrogens is 310 g/mol. The van der Waals surface area contributed by atoms with Crippen molar-refractivity contribution in [3.8, 4) is 0 Å². The number of hydrogen-bond donors (Lipinski definition) is 0. The first-order valence-corrected chi connectivity index (χ1v) is 9.68. The van der Waals surface area contributed by atoms with Crippen LogP contribution in [0.2, 0.25) is 0 Å². The summed E-state index contributed by atoms with van der Waals surface area (Å²) in [5, 5.41) is -0.0886. The van der Waals surface area contributed by atoms with Crippen molar-refractivity contribution in [2.75, 3.05) is 24.2 Å². The average Bonchev–Trinajstić information content (AvgIpc) is 2.54. The van der Waals surface area contributed by atoms with Gasteiger partial charge in [-0.05, 0) is 25.3 Å². The van der Waals surface area contributed by atoms with Crippen molar-refractivity contribution in [1.29, 1.82) is 0 Å². The molecule has 6 heteroatoms. The van der Waals surface area contributed by atoms with Gasteiger partial charge in [-0.3, -0.25) is 0 Å². The molecule has 5 nitrogen and oxygen atoms in total. The fourth-order valence-electron chi connectivity index (χ4n) is 3.04. The van der Waals surface area contributed by atoms with E-state index in [1.165, 1.54) is 5.56 Å². The Bertz CT molecular complexity index is 791. The number of aryl methyl sites for hydroxylation is 1. The van der Waals surface area contributed by atoms with Crippen LogP contribution in [0, 0.1) is 6.92 Å². The van der Waals surface area contributed by atoms with Crippen LogP contribution in [0.15, 0.2) is 41.6 Å². The van der Waals surface area contributed by atoms with Crippen molar-refractivity contribution in [2.45, 2.75) is 30.8 Å². The second-order valence-electron chi connectivity index (χ2n) is 6.12. The van der Waals surface area contributed by atoms with Gasteiger partial charge in [0.1, 0.15) is 5.82 Å². The predicted molar refractivity (Wildman–Crippen MR) is 90.5 cm³/mol. The van der Waals surface area contributed by atoms with E-state index in [1.807, 2.05) is 12.1 Å². The highest BCUT2D eigenvalue weighted by Crippen LogP contribution is 2.29. The molecule has 23 heavy (non-hydrogen) atoms. The predicted octanol–water partition coefficient (Wildman–Crippen LogP) is 2.57. The van der Waals surface area contributed by atoms with E-state index >= 15 is 0 Å². The Kier molecular flexibility index (Phi) is 4.35. The topological polar surface area (TPSA) is 63.2 Å². The fourth-order valence-corrected chi connectivity index (χ4v) is 3.60. The van der Waals surface area contributed by atoms with Gasteiger partial charge in [-0.25, -0.2) is 18.4 Å². The van der Waals surface area contributed by atoms with Crippen molar-refractivity contribution < 1.29 is 8.42 Å². The van der Waals surface area contributed by atoms with Gasteiger partial charge in [0.25, 0.3) is 0 Å². The van der Waals surface area contributed by atoms with Crippen molar-refractivity contribution >= 4 is 15.7 Å². The second-order valence-corrected chi connectivity index (χ2v) is 8.03. The zero-order valence-electron chi connectivity index (χ0n) is 13.4. The Morgan fingerprint density at radius 1 is 1.17 bits per heavy atom. The first-order valence-electron chi connectivity index (χ1n) is 7.79. The number of anilines is 1. The van der Waals surface area contributed by atoms with Crippen molar-refractivity contribution in [2.24, 2.45) is 0 Å². The summed E-state index contributed by atoms with van der Waals surface area (Å²) in [5.74, 6) is 1.15. The SMILES string of the molecule is Cc1cc(N2CCCC(c3ccccc3)C2)nc(S(C)(=O)=O)n1. The van der Waals surface area contributed by atoms with Gasteiger partial charge in [0, 0.05) is 37.0 Å². The molecule has 3 rings (SSSR count). The van der Waals surface area contributed by atoms with E-state index in [0.717, 1.165) is 32.2 Å². The molecule has 1 saturated heterocycles. The van der Waals surface area contributed by atoms with Gasteiger partial charge >= 0.3 is 0 Å². The number of piperidine rings is 1. The molecule has 1 unspecified atom stereocenters. The number of aromatic nitrogens is 2. The summed E-state index contributed by atoms with van der Waals surface area (Å²) in [6, 6.07) is 12.3. The van der Waals surface area contributed by atoms with Crippen molar-refractivity contribution in [1.82, 2.24) is 9.97 Å². The number of nitrogens with zero attached hydrogens (tertiary/aromatic N) is 3. The highest BCUT2D eigenvalue weighted by Gasteiger charge is 2.24. The van der Waals surface area contributed by atoms with Crippen LogP contribution in [0.25, 0.3) is 0 Å². The summed E-state index contributed by atoms with van der Waals surface area (Å²) in [5.41, 5.74) is 2.00. The minimum atomic E-state index is -3.40. The Morgan fingerprint density at radius 2 is 1.91 bits per heavy atom. The third kappa shape index (κ3) is 3.69. The molecule has 1 aromatic heterocycles. The first kappa shape index (κ1) is 15.9. The van der Waals surface area contributed by atoms with Crippen LogP contribution in [0.3, 0.4) is 0 Å². The molecule has 2 aromatic rings. The maximum atomic E-state index is 11.8. The molecule has 0 bridgehead atoms. The second kappa shape index (κ2) is 6.28. The lowest BCUT2D eigenvalue weighted by Gasteiger charge is -2.34. The van der Waals surface area contributed by atoms with E-state index in [-0.39, 0.29) is 5.16 Å². The quantitative estimate of drug-likeness (QED) is 0.809. The molecule has 122 valence electrons. The monoisotopic (exact) mass is 331 g/mol. The van der Waals surface area contributed by atoms with Crippen LogP contribution in [0.1, 0.15) is 30.0 Å². The van der Waals surface area contributed by atoms with Crippen molar-refractivity contribution in [3.05, 3.63) is 47.7 Å². The maximum Gasteiger partial charge on any atom is 0.248 e. The van der Waals surface area contributed by atoms with Gasteiger partial charge in [-0.1, -0.05) is 30.3 Å². The Hall–Kier alpha value is -1.95. The van der Waals surface area contributed by atoms with Crippen LogP contribution in [-0.2, 0) is 9.84 Å². The average molecular weight is 331 g/mol. The minimum Gasteiger partial charge on any atom is -0.356 e. The number of hydrogen-bond acceptors (Lipinski definition) is 5. The molecule has 2 heterocycles. The molecule has 1 atom stereocenters. The van der Waals surface area contributed by atoms with Gasteiger partial charge in [-0.2, -0.15) is 0 Å².